The molecule has 0 aromatic carbocycles. The van der Waals surface area contributed by atoms with Crippen LogP contribution in [0.1, 0.15) is 24.4 Å². The van der Waals surface area contributed by atoms with E-state index in [1.54, 1.807) is 19.5 Å². The number of rotatable bonds is 7. The quantitative estimate of drug-likeness (QED) is 0.555. The zero-order valence-corrected chi connectivity index (χ0v) is 11.6. The Bertz CT molecular complexity index is 419. The van der Waals surface area contributed by atoms with Crippen LogP contribution in [0.4, 0.5) is 0 Å². The van der Waals surface area contributed by atoms with Gasteiger partial charge in [-0.3, -0.25) is 4.98 Å². The molecule has 112 valence electrons. The lowest BCUT2D eigenvalue weighted by atomic mass is 9.75. The predicted octanol–water partition coefficient (Wildman–Crippen LogP) is -0.155. The summed E-state index contributed by atoms with van der Waals surface area (Å²) in [7, 11) is 1.58. The fourth-order valence-corrected chi connectivity index (χ4v) is 2.54. The standard InChI is InChI=1S/C14H22N2O4/c1-20-13-4-10(5-15-6-13)14(9-2-12(19)3-9)16-11(7-17)8-18/h4-6,9,11-12,14,16-19H,2-3,7-8H2,1H3/t9?,12?,14-/m0/s1. The second kappa shape index (κ2) is 6.99. The molecule has 0 amide bonds. The summed E-state index contributed by atoms with van der Waals surface area (Å²) < 4.78 is 5.18. The molecule has 4 N–H and O–H groups in total. The highest BCUT2D eigenvalue weighted by Gasteiger charge is 2.35. The molecule has 0 radical (unpaired) electrons. The lowest BCUT2D eigenvalue weighted by molar-refractivity contribution is 0.0177. The molecule has 1 heterocycles. The molecular formula is C14H22N2O4. The van der Waals surface area contributed by atoms with Crippen LogP contribution >= 0.6 is 0 Å². The van der Waals surface area contributed by atoms with Gasteiger partial charge in [-0.25, -0.2) is 0 Å². The Balaban J connectivity index is 2.16. The maximum absolute atomic E-state index is 9.50. The summed E-state index contributed by atoms with van der Waals surface area (Å²) in [5, 5.41) is 31.2. The predicted molar refractivity (Wildman–Crippen MR) is 73.4 cm³/mol. The van der Waals surface area contributed by atoms with Gasteiger partial charge >= 0.3 is 0 Å². The van der Waals surface area contributed by atoms with Crippen LogP contribution in [0, 0.1) is 5.92 Å². The van der Waals surface area contributed by atoms with Crippen molar-refractivity contribution >= 4 is 0 Å². The molecule has 1 aromatic rings. The summed E-state index contributed by atoms with van der Waals surface area (Å²) in [4.78, 5) is 4.14. The second-order valence-electron chi connectivity index (χ2n) is 5.25. The molecule has 1 fully saturated rings. The number of aliphatic hydroxyl groups is 3. The largest absolute Gasteiger partial charge is 0.495 e. The highest BCUT2D eigenvalue weighted by molar-refractivity contribution is 5.27. The van der Waals surface area contributed by atoms with Crippen molar-refractivity contribution in [2.75, 3.05) is 20.3 Å². The van der Waals surface area contributed by atoms with Gasteiger partial charge in [0.1, 0.15) is 5.75 Å². The van der Waals surface area contributed by atoms with E-state index in [0.717, 1.165) is 5.56 Å². The summed E-state index contributed by atoms with van der Waals surface area (Å²) >= 11 is 0. The van der Waals surface area contributed by atoms with E-state index in [1.807, 2.05) is 6.07 Å². The third kappa shape index (κ3) is 3.46. The zero-order valence-electron chi connectivity index (χ0n) is 11.6. The average Bonchev–Trinajstić information content (AvgIpc) is 2.46. The van der Waals surface area contributed by atoms with E-state index in [9.17, 15) is 15.3 Å². The molecule has 0 spiro atoms. The van der Waals surface area contributed by atoms with Gasteiger partial charge in [0.2, 0.25) is 0 Å². The van der Waals surface area contributed by atoms with Crippen LogP contribution < -0.4 is 10.1 Å². The maximum atomic E-state index is 9.50. The number of methoxy groups -OCH3 is 1. The third-order valence-electron chi connectivity index (χ3n) is 3.81. The Kier molecular flexibility index (Phi) is 5.31. The van der Waals surface area contributed by atoms with Crippen LogP contribution in [-0.2, 0) is 0 Å². The third-order valence-corrected chi connectivity index (χ3v) is 3.81. The summed E-state index contributed by atoms with van der Waals surface area (Å²) in [5.74, 6) is 0.929. The first kappa shape index (κ1) is 15.2. The van der Waals surface area contributed by atoms with Crippen LogP contribution in [0.15, 0.2) is 18.5 Å². The number of nitrogens with zero attached hydrogens (tertiary/aromatic N) is 1. The van der Waals surface area contributed by atoms with Gasteiger partial charge in [-0.05, 0) is 30.4 Å². The fourth-order valence-electron chi connectivity index (χ4n) is 2.54. The molecule has 6 nitrogen and oxygen atoms in total. The molecule has 6 heteroatoms. The van der Waals surface area contributed by atoms with Gasteiger partial charge < -0.3 is 25.4 Å². The van der Waals surface area contributed by atoms with E-state index in [0.29, 0.717) is 18.6 Å². The van der Waals surface area contributed by atoms with E-state index in [2.05, 4.69) is 10.3 Å². The number of nitrogens with one attached hydrogen (secondary N) is 1. The smallest absolute Gasteiger partial charge is 0.137 e. The highest BCUT2D eigenvalue weighted by Crippen LogP contribution is 2.38. The van der Waals surface area contributed by atoms with Gasteiger partial charge in [0.15, 0.2) is 0 Å². The maximum Gasteiger partial charge on any atom is 0.137 e. The van der Waals surface area contributed by atoms with Crippen molar-refractivity contribution < 1.29 is 20.1 Å². The van der Waals surface area contributed by atoms with Crippen molar-refractivity contribution in [1.82, 2.24) is 10.3 Å². The van der Waals surface area contributed by atoms with Crippen molar-refractivity contribution in [3.63, 3.8) is 0 Å². The molecule has 1 aromatic heterocycles. The minimum absolute atomic E-state index is 0.0645. The Hall–Kier alpha value is -1.21. The normalized spacial score (nSPS) is 23.4. The molecule has 20 heavy (non-hydrogen) atoms. The van der Waals surface area contributed by atoms with Crippen LogP contribution in [0.25, 0.3) is 0 Å². The topological polar surface area (TPSA) is 94.8 Å². The monoisotopic (exact) mass is 282 g/mol. The molecule has 0 unspecified atom stereocenters. The second-order valence-corrected chi connectivity index (χ2v) is 5.25. The van der Waals surface area contributed by atoms with Crippen molar-refractivity contribution in [3.8, 4) is 5.75 Å². The molecular weight excluding hydrogens is 260 g/mol. The lowest BCUT2D eigenvalue weighted by Crippen LogP contribution is -2.45. The van der Waals surface area contributed by atoms with Crippen molar-refractivity contribution in [1.29, 1.82) is 0 Å². The van der Waals surface area contributed by atoms with Gasteiger partial charge in [0, 0.05) is 12.2 Å². The summed E-state index contributed by atoms with van der Waals surface area (Å²) in [6.07, 6.45) is 4.53. The van der Waals surface area contributed by atoms with E-state index in [-0.39, 0.29) is 37.3 Å². The molecule has 0 bridgehead atoms. The van der Waals surface area contributed by atoms with E-state index >= 15 is 0 Å². The first-order valence-corrected chi connectivity index (χ1v) is 6.82. The Morgan fingerprint density at radius 1 is 1.35 bits per heavy atom. The number of hydrogen-bond donors (Lipinski definition) is 4. The number of hydrogen-bond acceptors (Lipinski definition) is 6. The van der Waals surface area contributed by atoms with Crippen LogP contribution in [0.2, 0.25) is 0 Å². The van der Waals surface area contributed by atoms with Crippen LogP contribution in [-0.4, -0.2) is 52.8 Å². The van der Waals surface area contributed by atoms with Crippen molar-refractivity contribution in [2.45, 2.75) is 31.0 Å². The molecule has 1 atom stereocenters. The minimum Gasteiger partial charge on any atom is -0.495 e. The van der Waals surface area contributed by atoms with Crippen molar-refractivity contribution in [2.24, 2.45) is 5.92 Å². The molecule has 1 aliphatic carbocycles. The number of pyridine rings is 1. The summed E-state index contributed by atoms with van der Waals surface area (Å²) in [6, 6.07) is 1.44. The van der Waals surface area contributed by atoms with Gasteiger partial charge in [-0.15, -0.1) is 0 Å². The first-order valence-electron chi connectivity index (χ1n) is 6.82. The molecule has 1 aliphatic rings. The molecule has 2 rings (SSSR count). The Labute approximate surface area is 118 Å². The molecule has 0 saturated heterocycles. The summed E-state index contributed by atoms with van der Waals surface area (Å²) in [5.41, 5.74) is 0.938. The van der Waals surface area contributed by atoms with Crippen LogP contribution in [0.3, 0.4) is 0 Å². The van der Waals surface area contributed by atoms with E-state index < -0.39 is 0 Å². The zero-order chi connectivity index (χ0) is 14.5. The fraction of sp³-hybridized carbons (Fsp3) is 0.643. The van der Waals surface area contributed by atoms with E-state index in [4.69, 9.17) is 4.74 Å². The SMILES string of the molecule is COc1cncc([C@@H](NC(CO)CO)C2CC(O)C2)c1. The van der Waals surface area contributed by atoms with Gasteiger partial charge in [-0.1, -0.05) is 0 Å². The van der Waals surface area contributed by atoms with Gasteiger partial charge in [0.25, 0.3) is 0 Å². The van der Waals surface area contributed by atoms with E-state index in [1.165, 1.54) is 0 Å². The summed E-state index contributed by atoms with van der Waals surface area (Å²) in [6.45, 7) is -0.278. The van der Waals surface area contributed by atoms with Gasteiger partial charge in [-0.2, -0.15) is 0 Å². The Morgan fingerprint density at radius 3 is 2.60 bits per heavy atom. The molecule has 0 aliphatic heterocycles. The minimum atomic E-state index is -0.385. The first-order chi connectivity index (χ1) is 9.67. The number of aromatic nitrogens is 1. The van der Waals surface area contributed by atoms with Crippen molar-refractivity contribution in [3.05, 3.63) is 24.0 Å². The lowest BCUT2D eigenvalue weighted by Gasteiger charge is -2.39. The Morgan fingerprint density at radius 2 is 2.05 bits per heavy atom. The molecule has 1 saturated carbocycles. The highest BCUT2D eigenvalue weighted by atomic mass is 16.5. The number of aliphatic hydroxyl groups excluding tert-OH is 3. The number of ether oxygens (including phenoxy) is 1. The average molecular weight is 282 g/mol. The van der Waals surface area contributed by atoms with Crippen LogP contribution in [0.5, 0.6) is 5.75 Å². The van der Waals surface area contributed by atoms with Gasteiger partial charge in [0.05, 0.1) is 38.7 Å².